The molecule has 0 amide bonds. The van der Waals surface area contributed by atoms with E-state index in [-0.39, 0.29) is 18.9 Å². The van der Waals surface area contributed by atoms with E-state index in [1.807, 2.05) is 0 Å². The molecular weight excluding hydrogens is 387 g/mol. The van der Waals surface area contributed by atoms with Gasteiger partial charge in [-0.1, -0.05) is 13.8 Å². The van der Waals surface area contributed by atoms with E-state index in [2.05, 4.69) is 0 Å². The van der Waals surface area contributed by atoms with Gasteiger partial charge in [0.25, 0.3) is 0 Å². The molecule has 1 rings (SSSR count). The molecule has 0 atom stereocenters. The van der Waals surface area contributed by atoms with E-state index in [1.165, 1.54) is 13.8 Å². The van der Waals surface area contributed by atoms with Crippen LogP contribution in [0.5, 0.6) is 0 Å². The molecule has 0 saturated heterocycles. The number of hydrogen-bond acceptors (Lipinski definition) is 5. The van der Waals surface area contributed by atoms with Crippen LogP contribution in [0, 0.1) is 17.5 Å². The van der Waals surface area contributed by atoms with Crippen LogP contribution in [0.3, 0.4) is 0 Å². The molecule has 7 nitrogen and oxygen atoms in total. The number of rotatable bonds is 8. The van der Waals surface area contributed by atoms with Gasteiger partial charge in [-0.2, -0.15) is 3.71 Å². The summed E-state index contributed by atoms with van der Waals surface area (Å²) in [6.45, 7) is 2.76. The number of aromatic carboxylic acids is 1. The Balaban J connectivity index is 3.94. The normalized spacial score (nSPS) is 12.2. The van der Waals surface area contributed by atoms with Crippen molar-refractivity contribution in [3.63, 3.8) is 0 Å². The lowest BCUT2D eigenvalue weighted by atomic mass is 10.1. The van der Waals surface area contributed by atoms with Crippen molar-refractivity contribution in [1.82, 2.24) is 0 Å². The monoisotopic (exact) mass is 403 g/mol. The average molecular weight is 403 g/mol. The third-order valence-electron chi connectivity index (χ3n) is 2.98. The lowest BCUT2D eigenvalue weighted by Gasteiger charge is -2.25. The molecule has 25 heavy (non-hydrogen) atoms. The Kier molecular flexibility index (Phi) is 6.45. The molecule has 0 aromatic heterocycles. The van der Waals surface area contributed by atoms with Crippen LogP contribution in [0.1, 0.15) is 37.0 Å². The Morgan fingerprint density at radius 1 is 1.00 bits per heavy atom. The molecule has 0 heterocycles. The summed E-state index contributed by atoms with van der Waals surface area (Å²) in [4.78, 5) is 11.0. The maximum absolute atomic E-state index is 14.4. The third-order valence-corrected chi connectivity index (χ3v) is 7.56. The summed E-state index contributed by atoms with van der Waals surface area (Å²) in [5, 5.41) is 8.85. The second-order valence-electron chi connectivity index (χ2n) is 5.02. The van der Waals surface area contributed by atoms with E-state index >= 15 is 0 Å². The highest BCUT2D eigenvalue weighted by atomic mass is 32.3. The zero-order valence-corrected chi connectivity index (χ0v) is 14.9. The van der Waals surface area contributed by atoms with Crippen LogP contribution < -0.4 is 3.71 Å². The molecular formula is C13H16F3NO6S2. The van der Waals surface area contributed by atoms with Crippen LogP contribution >= 0.6 is 0 Å². The average Bonchev–Trinajstić information content (AvgIpc) is 2.46. The van der Waals surface area contributed by atoms with Crippen molar-refractivity contribution in [2.75, 3.05) is 15.2 Å². The van der Waals surface area contributed by atoms with Crippen LogP contribution in [0.2, 0.25) is 0 Å². The van der Waals surface area contributed by atoms with Gasteiger partial charge in [0.2, 0.25) is 20.0 Å². The summed E-state index contributed by atoms with van der Waals surface area (Å²) in [5.74, 6) is -9.61. The molecule has 0 bridgehead atoms. The van der Waals surface area contributed by atoms with Crippen LogP contribution in [0.15, 0.2) is 6.07 Å². The van der Waals surface area contributed by atoms with Crippen LogP contribution in [-0.2, 0) is 20.0 Å². The molecule has 0 radical (unpaired) electrons. The van der Waals surface area contributed by atoms with Gasteiger partial charge >= 0.3 is 5.97 Å². The van der Waals surface area contributed by atoms with E-state index in [0.29, 0.717) is 0 Å². The molecule has 0 spiro atoms. The summed E-state index contributed by atoms with van der Waals surface area (Å²) in [5.41, 5.74) is -3.17. The van der Waals surface area contributed by atoms with Crippen molar-refractivity contribution in [3.8, 4) is 0 Å². The van der Waals surface area contributed by atoms with Crippen molar-refractivity contribution in [1.29, 1.82) is 0 Å². The molecule has 0 aliphatic heterocycles. The second-order valence-corrected chi connectivity index (χ2v) is 9.12. The fraction of sp³-hybridized carbons (Fsp3) is 0.462. The number of benzene rings is 1. The first-order valence-corrected chi connectivity index (χ1v) is 10.3. The van der Waals surface area contributed by atoms with Gasteiger partial charge in [-0.3, -0.25) is 0 Å². The minimum atomic E-state index is -4.80. The van der Waals surface area contributed by atoms with Crippen LogP contribution in [0.4, 0.5) is 18.9 Å². The quantitative estimate of drug-likeness (QED) is 0.666. The first-order valence-electron chi connectivity index (χ1n) is 7.07. The molecule has 12 heteroatoms. The van der Waals surface area contributed by atoms with E-state index in [1.54, 1.807) is 0 Å². The number of carbonyl (C=O) groups is 1. The highest BCUT2D eigenvalue weighted by molar-refractivity contribution is 8.10. The summed E-state index contributed by atoms with van der Waals surface area (Å²) >= 11 is 0. The Labute approximate surface area is 143 Å². The summed E-state index contributed by atoms with van der Waals surface area (Å²) < 4.78 is 90.8. The standard InChI is InChI=1S/C13H16F3NO6S2/c1-3-5-24(20,21)17(25(22,23)6-4-2)12-10(15)8(13(18)19)7-9(14)11(12)16/h7H,3-6H2,1-2H3,(H,18,19). The van der Waals surface area contributed by atoms with E-state index < -0.39 is 69.9 Å². The highest BCUT2D eigenvalue weighted by Crippen LogP contribution is 2.33. The number of anilines is 1. The number of carboxylic acids is 1. The van der Waals surface area contributed by atoms with Crippen molar-refractivity contribution in [2.24, 2.45) is 0 Å². The molecule has 0 unspecified atom stereocenters. The number of halogens is 3. The van der Waals surface area contributed by atoms with Gasteiger partial charge in [-0.25, -0.2) is 34.8 Å². The summed E-state index contributed by atoms with van der Waals surface area (Å²) in [6.07, 6.45) is -0.185. The van der Waals surface area contributed by atoms with E-state index in [9.17, 15) is 34.8 Å². The van der Waals surface area contributed by atoms with E-state index in [4.69, 9.17) is 5.11 Å². The molecule has 0 aliphatic carbocycles. The minimum absolute atomic E-state index is 0.00750. The fourth-order valence-corrected chi connectivity index (χ4v) is 6.11. The predicted octanol–water partition coefficient (Wildman–Crippen LogP) is 2.09. The Morgan fingerprint density at radius 2 is 1.44 bits per heavy atom. The first-order chi connectivity index (χ1) is 11.4. The van der Waals surface area contributed by atoms with Crippen molar-refractivity contribution in [2.45, 2.75) is 26.7 Å². The number of nitrogens with zero attached hydrogens (tertiary/aromatic N) is 1. The molecule has 0 aliphatic rings. The first kappa shape index (κ1) is 21.2. The Morgan fingerprint density at radius 3 is 1.80 bits per heavy atom. The zero-order chi connectivity index (χ0) is 19.6. The summed E-state index contributed by atoms with van der Waals surface area (Å²) in [6, 6.07) is 0.00750. The van der Waals surface area contributed by atoms with Gasteiger partial charge in [0, 0.05) is 0 Å². The highest BCUT2D eigenvalue weighted by Gasteiger charge is 2.39. The van der Waals surface area contributed by atoms with Gasteiger partial charge in [-0.05, 0) is 18.9 Å². The molecule has 1 aromatic rings. The zero-order valence-electron chi connectivity index (χ0n) is 13.3. The third kappa shape index (κ3) is 4.24. The second kappa shape index (κ2) is 7.60. The fourth-order valence-electron chi connectivity index (χ4n) is 2.04. The molecule has 0 saturated carbocycles. The smallest absolute Gasteiger partial charge is 0.338 e. The predicted molar refractivity (Wildman–Crippen MR) is 83.9 cm³/mol. The molecule has 142 valence electrons. The van der Waals surface area contributed by atoms with Crippen molar-refractivity contribution in [3.05, 3.63) is 29.1 Å². The maximum Gasteiger partial charge on any atom is 0.338 e. The van der Waals surface area contributed by atoms with Gasteiger partial charge in [0.1, 0.15) is 11.3 Å². The largest absolute Gasteiger partial charge is 0.478 e. The maximum atomic E-state index is 14.4. The molecule has 1 aromatic carbocycles. The van der Waals surface area contributed by atoms with Crippen LogP contribution in [0.25, 0.3) is 0 Å². The summed E-state index contributed by atoms with van der Waals surface area (Å²) in [7, 11) is -9.61. The lowest BCUT2D eigenvalue weighted by Crippen LogP contribution is -2.41. The number of carboxylic acid groups (broad SMARTS) is 1. The van der Waals surface area contributed by atoms with Gasteiger partial charge in [-0.15, -0.1) is 0 Å². The molecule has 0 fully saturated rings. The number of hydrogen-bond donors (Lipinski definition) is 1. The van der Waals surface area contributed by atoms with E-state index in [0.717, 1.165) is 0 Å². The Hall–Kier alpha value is -1.82. The topological polar surface area (TPSA) is 109 Å². The SMILES string of the molecule is CCCS(=O)(=O)N(c1c(F)c(F)cc(C(=O)O)c1F)S(=O)(=O)CCC. The minimum Gasteiger partial charge on any atom is -0.478 e. The van der Waals surface area contributed by atoms with Crippen molar-refractivity contribution >= 4 is 31.7 Å². The number of sulfonamides is 2. The van der Waals surface area contributed by atoms with Crippen LogP contribution in [-0.4, -0.2) is 39.4 Å². The van der Waals surface area contributed by atoms with Gasteiger partial charge < -0.3 is 5.11 Å². The Bertz CT molecular complexity index is 848. The van der Waals surface area contributed by atoms with Gasteiger partial charge in [0.15, 0.2) is 17.5 Å². The molecule has 1 N–H and O–H groups in total. The van der Waals surface area contributed by atoms with Crippen molar-refractivity contribution < 1.29 is 39.9 Å². The van der Waals surface area contributed by atoms with Gasteiger partial charge in [0.05, 0.1) is 11.5 Å². The lowest BCUT2D eigenvalue weighted by molar-refractivity contribution is 0.0691.